The van der Waals surface area contributed by atoms with Gasteiger partial charge in [-0.1, -0.05) is 0 Å². The Morgan fingerprint density at radius 3 is 2.52 bits per heavy atom. The van der Waals surface area contributed by atoms with Crippen LogP contribution < -0.4 is 4.90 Å². The molecule has 148 valence electrons. The zero-order valence-corrected chi connectivity index (χ0v) is 16.6. The summed E-state index contributed by atoms with van der Waals surface area (Å²) in [7, 11) is 1.94. The predicted octanol–water partition coefficient (Wildman–Crippen LogP) is 2.69. The molecule has 3 fully saturated rings. The smallest absolute Gasteiger partial charge is 0.0886 e. The van der Waals surface area contributed by atoms with Crippen molar-refractivity contribution in [1.82, 2.24) is 24.3 Å². The van der Waals surface area contributed by atoms with Crippen LogP contribution in [0.1, 0.15) is 25.7 Å². The molecule has 3 aromatic rings. The van der Waals surface area contributed by atoms with E-state index in [4.69, 9.17) is 5.26 Å². The molecule has 0 amide bonds. The third-order valence-corrected chi connectivity index (χ3v) is 7.12. The average Bonchev–Trinajstić information content (AvgIpc) is 3.37. The molecule has 5 heterocycles. The SMILES string of the molecule is Cn1cc(-c2cc3c(N4CC5CC[C@@H](C4)N5C4CC(C#N)C4)ccnn3c2)cn1. The summed E-state index contributed by atoms with van der Waals surface area (Å²) >= 11 is 0. The summed E-state index contributed by atoms with van der Waals surface area (Å²) in [5, 5.41) is 18.0. The lowest BCUT2D eigenvalue weighted by atomic mass is 9.79. The molecule has 3 aliphatic rings. The third-order valence-electron chi connectivity index (χ3n) is 7.12. The molecular weight excluding hydrogens is 362 g/mol. The van der Waals surface area contributed by atoms with Crippen molar-refractivity contribution in [3.63, 3.8) is 0 Å². The van der Waals surface area contributed by atoms with E-state index in [9.17, 15) is 0 Å². The molecular formula is C22H25N7. The highest BCUT2D eigenvalue weighted by Gasteiger charge is 2.47. The van der Waals surface area contributed by atoms with E-state index in [1.165, 1.54) is 18.5 Å². The van der Waals surface area contributed by atoms with Gasteiger partial charge in [0.05, 0.1) is 23.5 Å². The maximum Gasteiger partial charge on any atom is 0.0886 e. The van der Waals surface area contributed by atoms with E-state index in [1.807, 2.05) is 34.8 Å². The van der Waals surface area contributed by atoms with Crippen molar-refractivity contribution in [3.05, 3.63) is 36.9 Å². The maximum absolute atomic E-state index is 9.14. The molecule has 0 N–H and O–H groups in total. The van der Waals surface area contributed by atoms with Crippen molar-refractivity contribution < 1.29 is 0 Å². The molecule has 3 aromatic heterocycles. The Hall–Kier alpha value is -2.85. The lowest BCUT2D eigenvalue weighted by Crippen LogP contribution is -2.60. The zero-order chi connectivity index (χ0) is 19.5. The number of nitriles is 1. The van der Waals surface area contributed by atoms with Crippen LogP contribution in [-0.4, -0.2) is 55.5 Å². The van der Waals surface area contributed by atoms with Crippen molar-refractivity contribution >= 4 is 11.2 Å². The van der Waals surface area contributed by atoms with E-state index >= 15 is 0 Å². The summed E-state index contributed by atoms with van der Waals surface area (Å²) in [6, 6.07) is 8.68. The van der Waals surface area contributed by atoms with Crippen LogP contribution in [0.15, 0.2) is 36.9 Å². The number of fused-ring (bicyclic) bond motifs is 3. The van der Waals surface area contributed by atoms with Crippen molar-refractivity contribution in [1.29, 1.82) is 5.26 Å². The number of nitrogens with zero attached hydrogens (tertiary/aromatic N) is 7. The molecule has 2 saturated heterocycles. The Bertz CT molecular complexity index is 1090. The second-order valence-corrected chi connectivity index (χ2v) is 8.87. The summed E-state index contributed by atoms with van der Waals surface area (Å²) < 4.78 is 3.83. The van der Waals surface area contributed by atoms with Crippen LogP contribution in [-0.2, 0) is 7.05 Å². The fourth-order valence-electron chi connectivity index (χ4n) is 5.66. The lowest BCUT2D eigenvalue weighted by Gasteiger charge is -2.49. The number of rotatable bonds is 3. The highest BCUT2D eigenvalue weighted by Crippen LogP contribution is 2.42. The van der Waals surface area contributed by atoms with Gasteiger partial charge >= 0.3 is 0 Å². The van der Waals surface area contributed by atoms with E-state index < -0.39 is 0 Å². The Kier molecular flexibility index (Phi) is 3.72. The number of aryl methyl sites for hydroxylation is 1. The van der Waals surface area contributed by atoms with Crippen molar-refractivity contribution in [2.45, 2.75) is 43.8 Å². The minimum Gasteiger partial charge on any atom is -0.367 e. The van der Waals surface area contributed by atoms with Gasteiger partial charge in [-0.05, 0) is 37.8 Å². The molecule has 1 aliphatic carbocycles. The highest BCUT2D eigenvalue weighted by atomic mass is 15.4. The zero-order valence-electron chi connectivity index (χ0n) is 16.6. The standard InChI is InChI=1S/C22H25N7/c1-26-11-17(10-25-26)16-8-22-21(4-5-24-28(22)12-16)27-13-18-2-3-19(14-27)29(18)20-6-15(7-20)9-23/h4-5,8,10-12,15,18-20H,2-3,6-7,13-14H2,1H3/t15?,18-,19?,20?/m0/s1. The lowest BCUT2D eigenvalue weighted by molar-refractivity contribution is 0.0439. The molecule has 1 unspecified atom stereocenters. The normalized spacial score (nSPS) is 29.2. The molecule has 7 heteroatoms. The second kappa shape index (κ2) is 6.33. The maximum atomic E-state index is 9.14. The molecule has 2 bridgehead atoms. The minimum absolute atomic E-state index is 0.281. The van der Waals surface area contributed by atoms with Crippen LogP contribution in [0.25, 0.3) is 16.6 Å². The van der Waals surface area contributed by atoms with E-state index in [2.05, 4.69) is 44.4 Å². The Morgan fingerprint density at radius 2 is 1.83 bits per heavy atom. The summed E-state index contributed by atoms with van der Waals surface area (Å²) in [6.45, 7) is 2.13. The molecule has 0 radical (unpaired) electrons. The van der Waals surface area contributed by atoms with Crippen LogP contribution >= 0.6 is 0 Å². The van der Waals surface area contributed by atoms with Crippen LogP contribution in [0.2, 0.25) is 0 Å². The Labute approximate surface area is 170 Å². The topological polar surface area (TPSA) is 65.4 Å². The first-order valence-electron chi connectivity index (χ1n) is 10.6. The van der Waals surface area contributed by atoms with Gasteiger partial charge in [-0.25, -0.2) is 4.52 Å². The van der Waals surface area contributed by atoms with Crippen molar-refractivity contribution in [2.75, 3.05) is 18.0 Å². The van der Waals surface area contributed by atoms with E-state index in [-0.39, 0.29) is 5.92 Å². The van der Waals surface area contributed by atoms with Gasteiger partial charge in [0.25, 0.3) is 0 Å². The van der Waals surface area contributed by atoms with Crippen LogP contribution in [0.5, 0.6) is 0 Å². The molecule has 0 aromatic carbocycles. The van der Waals surface area contributed by atoms with Crippen LogP contribution in [0.3, 0.4) is 0 Å². The van der Waals surface area contributed by atoms with Crippen molar-refractivity contribution in [3.8, 4) is 17.2 Å². The summed E-state index contributed by atoms with van der Waals surface area (Å²) in [6.07, 6.45) is 12.6. The second-order valence-electron chi connectivity index (χ2n) is 8.87. The molecule has 29 heavy (non-hydrogen) atoms. The molecule has 2 atom stereocenters. The number of aromatic nitrogens is 4. The van der Waals surface area contributed by atoms with E-state index in [0.717, 1.165) is 42.6 Å². The molecule has 0 spiro atoms. The number of piperazine rings is 1. The fraction of sp³-hybridized carbons (Fsp3) is 0.500. The van der Waals surface area contributed by atoms with Gasteiger partial charge in [0, 0.05) is 73.9 Å². The largest absolute Gasteiger partial charge is 0.367 e. The predicted molar refractivity (Wildman–Crippen MR) is 110 cm³/mol. The van der Waals surface area contributed by atoms with Gasteiger partial charge in [-0.2, -0.15) is 15.5 Å². The molecule has 2 aliphatic heterocycles. The first-order chi connectivity index (χ1) is 14.2. The average molecular weight is 387 g/mol. The summed E-state index contributed by atoms with van der Waals surface area (Å²) in [5.74, 6) is 0.281. The summed E-state index contributed by atoms with van der Waals surface area (Å²) in [5.41, 5.74) is 4.70. The Morgan fingerprint density at radius 1 is 1.03 bits per heavy atom. The van der Waals surface area contributed by atoms with Crippen molar-refractivity contribution in [2.24, 2.45) is 13.0 Å². The van der Waals surface area contributed by atoms with Gasteiger partial charge in [0.15, 0.2) is 0 Å². The number of hydrogen-bond donors (Lipinski definition) is 0. The number of hydrogen-bond acceptors (Lipinski definition) is 5. The highest BCUT2D eigenvalue weighted by molar-refractivity contribution is 5.79. The van der Waals surface area contributed by atoms with Gasteiger partial charge in [-0.3, -0.25) is 9.58 Å². The molecule has 7 nitrogen and oxygen atoms in total. The third kappa shape index (κ3) is 2.66. The van der Waals surface area contributed by atoms with E-state index in [0.29, 0.717) is 18.1 Å². The van der Waals surface area contributed by atoms with Crippen LogP contribution in [0.4, 0.5) is 5.69 Å². The van der Waals surface area contributed by atoms with Gasteiger partial charge in [0.2, 0.25) is 0 Å². The molecule has 6 rings (SSSR count). The van der Waals surface area contributed by atoms with Gasteiger partial charge in [-0.15, -0.1) is 0 Å². The quantitative estimate of drug-likeness (QED) is 0.691. The van der Waals surface area contributed by atoms with E-state index in [1.54, 1.807) is 0 Å². The monoisotopic (exact) mass is 387 g/mol. The molecule has 1 saturated carbocycles. The number of anilines is 1. The van der Waals surface area contributed by atoms with Crippen LogP contribution in [0, 0.1) is 17.2 Å². The minimum atomic E-state index is 0.281. The summed E-state index contributed by atoms with van der Waals surface area (Å²) in [4.78, 5) is 5.31. The Balaban J connectivity index is 1.28. The first-order valence-corrected chi connectivity index (χ1v) is 10.6. The van der Waals surface area contributed by atoms with Gasteiger partial charge in [0.1, 0.15) is 0 Å². The first kappa shape index (κ1) is 17.0. The van der Waals surface area contributed by atoms with Gasteiger partial charge < -0.3 is 4.90 Å². The fourth-order valence-corrected chi connectivity index (χ4v) is 5.66.